The molecule has 0 spiro atoms. The number of anilines is 1. The van der Waals surface area contributed by atoms with E-state index in [-0.39, 0.29) is 18.1 Å². The average molecular weight is 328 g/mol. The van der Waals surface area contributed by atoms with Crippen molar-refractivity contribution in [2.75, 3.05) is 32.0 Å². The fourth-order valence-corrected chi connectivity index (χ4v) is 2.83. The summed E-state index contributed by atoms with van der Waals surface area (Å²) in [5, 5.41) is 3.22. The molecule has 1 aliphatic heterocycles. The third kappa shape index (κ3) is 3.10. The van der Waals surface area contributed by atoms with E-state index in [1.165, 1.54) is 6.20 Å². The highest BCUT2D eigenvalue weighted by Crippen LogP contribution is 2.33. The van der Waals surface area contributed by atoms with Crippen LogP contribution in [0.15, 0.2) is 18.5 Å². The molecule has 0 aromatic carbocycles. The Morgan fingerprint density at radius 1 is 1.41 bits per heavy atom. The molecule has 3 heterocycles. The lowest BCUT2D eigenvalue weighted by Crippen LogP contribution is -2.48. The number of pyridine rings is 1. The van der Waals surface area contributed by atoms with Crippen LogP contribution in [0.3, 0.4) is 0 Å². The molecule has 1 saturated heterocycles. The van der Waals surface area contributed by atoms with Gasteiger partial charge in [-0.1, -0.05) is 11.6 Å². The van der Waals surface area contributed by atoms with Gasteiger partial charge in [-0.2, -0.15) is 0 Å². The van der Waals surface area contributed by atoms with Crippen LogP contribution in [0.25, 0.3) is 11.0 Å². The smallest absolute Gasteiger partial charge is 0.255 e. The Hall–Kier alpha value is -1.60. The Balaban J connectivity index is 1.81. The molecule has 1 unspecified atom stereocenters. The molecule has 2 aromatic heterocycles. The maximum atomic E-state index is 14.0. The number of fused-ring (bicyclic) bond motifs is 1. The highest BCUT2D eigenvalue weighted by atomic mass is 35.5. The van der Waals surface area contributed by atoms with E-state index in [1.54, 1.807) is 12.3 Å². The second kappa shape index (κ2) is 5.89. The molecular weight excluding hydrogens is 312 g/mol. The first-order valence-electron chi connectivity index (χ1n) is 7.03. The Labute approximate surface area is 131 Å². The standard InChI is InChI=1S/C14H16ClF2N5/c1-22-5-2-14(16,17)9(8-22)7-20-13-12-10(6-11(15)21-13)18-3-4-19-12/h3-4,6,9H,2,5,7-8H2,1H3,(H,20,21). The number of nitrogens with one attached hydrogen (secondary N) is 1. The van der Waals surface area contributed by atoms with Gasteiger partial charge in [0.15, 0.2) is 5.82 Å². The maximum absolute atomic E-state index is 14.0. The zero-order valence-electron chi connectivity index (χ0n) is 12.1. The average Bonchev–Trinajstić information content (AvgIpc) is 2.48. The van der Waals surface area contributed by atoms with Crippen LogP contribution in [0.2, 0.25) is 5.15 Å². The van der Waals surface area contributed by atoms with Gasteiger partial charge in [-0.05, 0) is 7.05 Å². The number of alkyl halides is 2. The first kappa shape index (κ1) is 15.3. The molecule has 1 N–H and O–H groups in total. The first-order valence-corrected chi connectivity index (χ1v) is 7.41. The summed E-state index contributed by atoms with van der Waals surface area (Å²) in [6.45, 7) is 0.855. The van der Waals surface area contributed by atoms with Crippen molar-refractivity contribution < 1.29 is 8.78 Å². The summed E-state index contributed by atoms with van der Waals surface area (Å²) >= 11 is 5.95. The van der Waals surface area contributed by atoms with Gasteiger partial charge in [-0.15, -0.1) is 0 Å². The molecule has 3 rings (SSSR count). The third-order valence-corrected chi connectivity index (χ3v) is 4.09. The van der Waals surface area contributed by atoms with Crippen LogP contribution in [0.1, 0.15) is 6.42 Å². The number of likely N-dealkylation sites (tertiary alicyclic amines) is 1. The lowest BCUT2D eigenvalue weighted by molar-refractivity contribution is -0.0963. The molecule has 1 atom stereocenters. The van der Waals surface area contributed by atoms with E-state index in [9.17, 15) is 8.78 Å². The fourth-order valence-electron chi connectivity index (χ4n) is 2.64. The van der Waals surface area contributed by atoms with Crippen LogP contribution in [0, 0.1) is 5.92 Å². The number of aromatic nitrogens is 3. The summed E-state index contributed by atoms with van der Waals surface area (Å²) < 4.78 is 28.0. The minimum atomic E-state index is -2.68. The van der Waals surface area contributed by atoms with Gasteiger partial charge in [0.05, 0.1) is 11.4 Å². The van der Waals surface area contributed by atoms with Gasteiger partial charge in [0, 0.05) is 44.5 Å². The minimum absolute atomic E-state index is 0.107. The lowest BCUT2D eigenvalue weighted by atomic mass is 9.94. The zero-order valence-corrected chi connectivity index (χ0v) is 12.8. The zero-order chi connectivity index (χ0) is 15.7. The molecule has 22 heavy (non-hydrogen) atoms. The molecule has 5 nitrogen and oxygen atoms in total. The van der Waals surface area contributed by atoms with Crippen molar-refractivity contribution in [3.8, 4) is 0 Å². The normalized spacial score (nSPS) is 21.9. The minimum Gasteiger partial charge on any atom is -0.368 e. The van der Waals surface area contributed by atoms with Crippen LogP contribution >= 0.6 is 11.6 Å². The topological polar surface area (TPSA) is 53.9 Å². The molecule has 0 radical (unpaired) electrons. The van der Waals surface area contributed by atoms with Gasteiger partial charge in [-0.25, -0.2) is 18.7 Å². The summed E-state index contributed by atoms with van der Waals surface area (Å²) in [6, 6.07) is 1.60. The van der Waals surface area contributed by atoms with Crippen molar-refractivity contribution in [2.24, 2.45) is 5.92 Å². The number of hydrogen-bond acceptors (Lipinski definition) is 5. The summed E-state index contributed by atoms with van der Waals surface area (Å²) in [5.41, 5.74) is 1.11. The summed E-state index contributed by atoms with van der Waals surface area (Å²) in [4.78, 5) is 14.4. The molecule has 1 fully saturated rings. The van der Waals surface area contributed by atoms with Gasteiger partial charge < -0.3 is 10.2 Å². The number of rotatable bonds is 3. The van der Waals surface area contributed by atoms with Gasteiger partial charge in [0.1, 0.15) is 10.7 Å². The Bertz CT molecular complexity index is 681. The van der Waals surface area contributed by atoms with E-state index in [0.717, 1.165) is 0 Å². The highest BCUT2D eigenvalue weighted by Gasteiger charge is 2.42. The molecular formula is C14H16ClF2N5. The number of hydrogen-bond donors (Lipinski definition) is 1. The molecule has 2 aromatic rings. The lowest BCUT2D eigenvalue weighted by Gasteiger charge is -2.36. The monoisotopic (exact) mass is 327 g/mol. The predicted molar refractivity (Wildman–Crippen MR) is 81.4 cm³/mol. The number of piperidine rings is 1. The molecule has 1 aliphatic rings. The summed E-state index contributed by atoms with van der Waals surface area (Å²) in [7, 11) is 1.85. The Morgan fingerprint density at radius 2 is 2.18 bits per heavy atom. The molecule has 8 heteroatoms. The third-order valence-electron chi connectivity index (χ3n) is 3.90. The maximum Gasteiger partial charge on any atom is 0.255 e. The van der Waals surface area contributed by atoms with Crippen molar-refractivity contribution in [3.05, 3.63) is 23.6 Å². The van der Waals surface area contributed by atoms with Gasteiger partial charge in [0.25, 0.3) is 5.92 Å². The van der Waals surface area contributed by atoms with Crippen LogP contribution in [0.4, 0.5) is 14.6 Å². The highest BCUT2D eigenvalue weighted by molar-refractivity contribution is 6.30. The van der Waals surface area contributed by atoms with E-state index in [0.29, 0.717) is 29.9 Å². The summed E-state index contributed by atoms with van der Waals surface area (Å²) in [5.74, 6) is -3.07. The Morgan fingerprint density at radius 3 is 3.00 bits per heavy atom. The van der Waals surface area contributed by atoms with Crippen LogP contribution < -0.4 is 5.32 Å². The molecule has 118 valence electrons. The number of halogens is 3. The largest absolute Gasteiger partial charge is 0.368 e. The predicted octanol–water partition coefficient (Wildman–Crippen LogP) is 2.68. The van der Waals surface area contributed by atoms with Crippen LogP contribution in [0.5, 0.6) is 0 Å². The summed E-state index contributed by atoms with van der Waals surface area (Å²) in [6.07, 6.45) is 2.96. The quantitative estimate of drug-likeness (QED) is 0.878. The van der Waals surface area contributed by atoms with Crippen molar-refractivity contribution >= 4 is 28.5 Å². The molecule has 0 aliphatic carbocycles. The van der Waals surface area contributed by atoms with Crippen LogP contribution in [-0.4, -0.2) is 52.5 Å². The van der Waals surface area contributed by atoms with Crippen molar-refractivity contribution in [3.63, 3.8) is 0 Å². The second-order valence-electron chi connectivity index (χ2n) is 5.57. The molecule has 0 bridgehead atoms. The number of nitrogens with zero attached hydrogens (tertiary/aromatic N) is 4. The SMILES string of the molecule is CN1CCC(F)(F)C(CNc2nc(Cl)cc3nccnc23)C1. The fraction of sp³-hybridized carbons (Fsp3) is 0.500. The van der Waals surface area contributed by atoms with E-state index in [1.807, 2.05) is 11.9 Å². The van der Waals surface area contributed by atoms with Crippen molar-refractivity contribution in [2.45, 2.75) is 12.3 Å². The van der Waals surface area contributed by atoms with E-state index in [4.69, 9.17) is 11.6 Å². The Kier molecular flexibility index (Phi) is 4.10. The van der Waals surface area contributed by atoms with Crippen molar-refractivity contribution in [1.29, 1.82) is 0 Å². The molecule has 0 saturated carbocycles. The van der Waals surface area contributed by atoms with E-state index < -0.39 is 11.8 Å². The van der Waals surface area contributed by atoms with E-state index >= 15 is 0 Å². The van der Waals surface area contributed by atoms with E-state index in [2.05, 4.69) is 20.3 Å². The second-order valence-corrected chi connectivity index (χ2v) is 5.96. The molecule has 0 amide bonds. The van der Waals surface area contributed by atoms with Gasteiger partial charge in [0.2, 0.25) is 0 Å². The van der Waals surface area contributed by atoms with Gasteiger partial charge >= 0.3 is 0 Å². The van der Waals surface area contributed by atoms with Crippen LogP contribution in [-0.2, 0) is 0 Å². The van der Waals surface area contributed by atoms with Crippen molar-refractivity contribution in [1.82, 2.24) is 19.9 Å². The van der Waals surface area contributed by atoms with Gasteiger partial charge in [-0.3, -0.25) is 4.98 Å². The first-order chi connectivity index (χ1) is 10.5.